The van der Waals surface area contributed by atoms with Gasteiger partial charge in [-0.1, -0.05) is 54.2 Å². The largest absolute Gasteiger partial charge is 0.315 e. The Balaban J connectivity index is 1.59. The van der Waals surface area contributed by atoms with Crippen molar-refractivity contribution in [2.24, 2.45) is 5.92 Å². The minimum Gasteiger partial charge on any atom is -0.315 e. The van der Waals surface area contributed by atoms with Crippen molar-refractivity contribution in [2.75, 3.05) is 17.2 Å². The van der Waals surface area contributed by atoms with Gasteiger partial charge in [0.05, 0.1) is 12.2 Å². The molecule has 2 heterocycles. The highest BCUT2D eigenvalue weighted by atomic mass is 35.5. The average molecular weight is 461 g/mol. The number of rotatable bonds is 3. The molecule has 1 saturated heterocycles. The van der Waals surface area contributed by atoms with Crippen LogP contribution < -0.4 is 4.90 Å². The zero-order valence-corrected chi connectivity index (χ0v) is 18.8. The van der Waals surface area contributed by atoms with Crippen LogP contribution in [0.15, 0.2) is 42.5 Å². The Kier molecular flexibility index (Phi) is 5.24. The minimum absolute atomic E-state index is 0.0219. The summed E-state index contributed by atoms with van der Waals surface area (Å²) in [7, 11) is 0. The Labute approximate surface area is 190 Å². The Morgan fingerprint density at radius 2 is 1.90 bits per heavy atom. The van der Waals surface area contributed by atoms with E-state index in [1.54, 1.807) is 22.7 Å². The third-order valence-electron chi connectivity index (χ3n) is 6.41. The van der Waals surface area contributed by atoms with Gasteiger partial charge >= 0.3 is 0 Å². The Bertz CT molecular complexity index is 1020. The van der Waals surface area contributed by atoms with Crippen molar-refractivity contribution in [3.05, 3.63) is 63.6 Å². The molecule has 0 radical (unpaired) electrons. The summed E-state index contributed by atoms with van der Waals surface area (Å²) in [5.41, 5.74) is 2.51. The quantitative estimate of drug-likeness (QED) is 0.610. The Morgan fingerprint density at radius 3 is 2.67 bits per heavy atom. The lowest BCUT2D eigenvalue weighted by molar-refractivity contribution is -0.143. The molecule has 1 saturated carbocycles. The first-order valence-corrected chi connectivity index (χ1v) is 12.1. The number of fused-ring (bicyclic) bond motifs is 2. The molecule has 1 aliphatic carbocycles. The molecule has 1 atom stereocenters. The number of halogens is 2. The van der Waals surface area contributed by atoms with Crippen molar-refractivity contribution < 1.29 is 9.59 Å². The summed E-state index contributed by atoms with van der Waals surface area (Å²) in [5.74, 6) is 0.786. The first-order valence-electron chi connectivity index (χ1n) is 10.3. The van der Waals surface area contributed by atoms with Crippen LogP contribution in [0.2, 0.25) is 10.0 Å². The van der Waals surface area contributed by atoms with E-state index in [9.17, 15) is 9.59 Å². The number of hydrogen-bond acceptors (Lipinski definition) is 3. The van der Waals surface area contributed by atoms with E-state index in [1.807, 2.05) is 41.3 Å². The normalized spacial score (nSPS) is 23.6. The van der Waals surface area contributed by atoms with Crippen LogP contribution in [0.1, 0.15) is 36.8 Å². The van der Waals surface area contributed by atoms with Crippen LogP contribution >= 0.6 is 35.0 Å². The second-order valence-electron chi connectivity index (χ2n) is 8.11. The number of carbonyl (C=O) groups is 2. The maximum atomic E-state index is 14.0. The molecule has 7 heteroatoms. The van der Waals surface area contributed by atoms with E-state index in [2.05, 4.69) is 0 Å². The van der Waals surface area contributed by atoms with E-state index < -0.39 is 4.87 Å². The second-order valence-corrected chi connectivity index (χ2v) is 10.2. The van der Waals surface area contributed by atoms with E-state index in [1.165, 1.54) is 0 Å². The first-order chi connectivity index (χ1) is 14.5. The van der Waals surface area contributed by atoms with Crippen LogP contribution in [0.25, 0.3) is 0 Å². The SMILES string of the molecule is O=C(C1CCCC1)N1CCS[C@@]12C(=O)N(Cc1ccccc1Cl)c1ccc(Cl)cc12. The van der Waals surface area contributed by atoms with Gasteiger partial charge in [-0.05, 0) is 42.7 Å². The number of hydrogen-bond donors (Lipinski definition) is 0. The van der Waals surface area contributed by atoms with Crippen LogP contribution in [0.5, 0.6) is 0 Å². The Morgan fingerprint density at radius 1 is 1.13 bits per heavy atom. The van der Waals surface area contributed by atoms with E-state index in [4.69, 9.17) is 23.2 Å². The van der Waals surface area contributed by atoms with Crippen LogP contribution in [-0.4, -0.2) is 29.0 Å². The summed E-state index contributed by atoms with van der Waals surface area (Å²) in [6, 6.07) is 13.1. The van der Waals surface area contributed by atoms with Gasteiger partial charge in [-0.3, -0.25) is 9.59 Å². The summed E-state index contributed by atoms with van der Waals surface area (Å²) in [6.45, 7) is 0.943. The fraction of sp³-hybridized carbons (Fsp3) is 0.391. The van der Waals surface area contributed by atoms with Crippen LogP contribution in [0.3, 0.4) is 0 Å². The molecule has 30 heavy (non-hydrogen) atoms. The van der Waals surface area contributed by atoms with Crippen molar-refractivity contribution in [1.29, 1.82) is 0 Å². The third kappa shape index (κ3) is 3.05. The highest BCUT2D eigenvalue weighted by molar-refractivity contribution is 8.01. The maximum Gasteiger partial charge on any atom is 0.268 e. The molecule has 2 fully saturated rings. The second kappa shape index (κ2) is 7.77. The van der Waals surface area contributed by atoms with Gasteiger partial charge in [0, 0.05) is 33.8 Å². The highest BCUT2D eigenvalue weighted by Gasteiger charge is 2.60. The predicted molar refractivity (Wildman–Crippen MR) is 122 cm³/mol. The van der Waals surface area contributed by atoms with Crippen molar-refractivity contribution in [3.63, 3.8) is 0 Å². The van der Waals surface area contributed by atoms with Crippen molar-refractivity contribution in [2.45, 2.75) is 37.1 Å². The van der Waals surface area contributed by atoms with Gasteiger partial charge in [0.1, 0.15) is 0 Å². The molecule has 0 N–H and O–H groups in total. The molecule has 0 bridgehead atoms. The summed E-state index contributed by atoms with van der Waals surface area (Å²) in [5, 5.41) is 1.20. The minimum atomic E-state index is -1.03. The van der Waals surface area contributed by atoms with Crippen LogP contribution in [0.4, 0.5) is 5.69 Å². The molecule has 2 amide bonds. The molecule has 0 aromatic heterocycles. The molecule has 5 rings (SSSR count). The molecular formula is C23H22Cl2N2O2S. The number of carbonyl (C=O) groups excluding carboxylic acids is 2. The van der Waals surface area contributed by atoms with Crippen molar-refractivity contribution in [1.82, 2.24) is 4.90 Å². The topological polar surface area (TPSA) is 40.6 Å². The lowest BCUT2D eigenvalue weighted by atomic mass is 10.0. The molecule has 0 unspecified atom stereocenters. The summed E-state index contributed by atoms with van der Waals surface area (Å²) in [6.07, 6.45) is 3.99. The highest BCUT2D eigenvalue weighted by Crippen LogP contribution is 2.55. The molecular weight excluding hydrogens is 439 g/mol. The fourth-order valence-electron chi connectivity index (χ4n) is 4.96. The van der Waals surface area contributed by atoms with Gasteiger partial charge in [0.2, 0.25) is 5.91 Å². The van der Waals surface area contributed by atoms with E-state index in [0.717, 1.165) is 48.3 Å². The lowest BCUT2D eigenvalue weighted by Gasteiger charge is -2.35. The van der Waals surface area contributed by atoms with Gasteiger partial charge in [0.25, 0.3) is 5.91 Å². The molecule has 1 spiro atoms. The monoisotopic (exact) mass is 460 g/mol. The zero-order chi connectivity index (χ0) is 20.9. The maximum absolute atomic E-state index is 14.0. The molecule has 3 aliphatic rings. The fourth-order valence-corrected chi connectivity index (χ4v) is 6.78. The molecule has 2 aromatic carbocycles. The molecule has 156 valence electrons. The first kappa shape index (κ1) is 20.2. The Hall–Kier alpha value is -1.69. The molecule has 4 nitrogen and oxygen atoms in total. The summed E-state index contributed by atoms with van der Waals surface area (Å²) >= 11 is 14.3. The third-order valence-corrected chi connectivity index (χ3v) is 8.44. The number of thioether (sulfide) groups is 1. The van der Waals surface area contributed by atoms with Crippen molar-refractivity contribution >= 4 is 52.5 Å². The van der Waals surface area contributed by atoms with E-state index >= 15 is 0 Å². The van der Waals surface area contributed by atoms with Crippen LogP contribution in [-0.2, 0) is 21.0 Å². The molecule has 2 aromatic rings. The van der Waals surface area contributed by atoms with Gasteiger partial charge < -0.3 is 9.80 Å². The number of amides is 2. The number of benzene rings is 2. The summed E-state index contributed by atoms with van der Waals surface area (Å²) < 4.78 is 0. The van der Waals surface area contributed by atoms with Crippen molar-refractivity contribution in [3.8, 4) is 0 Å². The predicted octanol–water partition coefficient (Wildman–Crippen LogP) is 5.46. The average Bonchev–Trinajstić information content (AvgIpc) is 3.47. The van der Waals surface area contributed by atoms with E-state index in [0.29, 0.717) is 23.1 Å². The van der Waals surface area contributed by atoms with Gasteiger partial charge in [-0.2, -0.15) is 0 Å². The van der Waals surface area contributed by atoms with E-state index in [-0.39, 0.29) is 17.7 Å². The lowest BCUT2D eigenvalue weighted by Crippen LogP contribution is -2.51. The zero-order valence-electron chi connectivity index (χ0n) is 16.4. The van der Waals surface area contributed by atoms with Gasteiger partial charge in [-0.15, -0.1) is 11.8 Å². The summed E-state index contributed by atoms with van der Waals surface area (Å²) in [4.78, 5) is 30.0. The number of nitrogens with zero attached hydrogens (tertiary/aromatic N) is 2. The van der Waals surface area contributed by atoms with Crippen LogP contribution in [0, 0.1) is 5.92 Å². The van der Waals surface area contributed by atoms with Gasteiger partial charge in [-0.25, -0.2) is 0 Å². The smallest absolute Gasteiger partial charge is 0.268 e. The standard InChI is InChI=1S/C23H22Cl2N2O2S/c24-17-9-10-20-18(13-17)23(22(29)26(20)14-16-7-3-4-8-19(16)25)27(11-12-30-23)21(28)15-5-1-2-6-15/h3-4,7-10,13,15H,1-2,5-6,11-12,14H2/t23-/m0/s1. The van der Waals surface area contributed by atoms with Gasteiger partial charge in [0.15, 0.2) is 4.87 Å². The number of anilines is 1. The molecule has 2 aliphatic heterocycles.